The second-order valence-corrected chi connectivity index (χ2v) is 6.38. The maximum Gasteiger partial charge on any atom is 0.318 e. The largest absolute Gasteiger partial charge is 0.372 e. The van der Waals surface area contributed by atoms with Crippen LogP contribution in [0.1, 0.15) is 39.1 Å². The number of para-hydroxylation sites is 2. The van der Waals surface area contributed by atoms with E-state index in [2.05, 4.69) is 29.1 Å². The molecule has 1 aromatic carbocycles. The third-order valence-electron chi connectivity index (χ3n) is 4.53. The van der Waals surface area contributed by atoms with Crippen LogP contribution in [0.4, 0.5) is 4.79 Å². The highest BCUT2D eigenvalue weighted by atomic mass is 16.5. The number of imidazole rings is 1. The summed E-state index contributed by atoms with van der Waals surface area (Å²) in [6, 6.07) is 7.61. The average molecular weight is 316 g/mol. The lowest BCUT2D eigenvalue weighted by molar-refractivity contribution is -0.0874. The summed E-state index contributed by atoms with van der Waals surface area (Å²) in [4.78, 5) is 22.1. The number of nitrogens with one attached hydrogen (secondary N) is 2. The number of urea groups is 1. The summed E-state index contributed by atoms with van der Waals surface area (Å²) >= 11 is 0. The predicted molar refractivity (Wildman–Crippen MR) is 89.3 cm³/mol. The Kier molecular flexibility index (Phi) is 4.26. The van der Waals surface area contributed by atoms with E-state index in [0.29, 0.717) is 19.7 Å². The van der Waals surface area contributed by atoms with Crippen molar-refractivity contribution in [3.8, 4) is 0 Å². The second-order valence-electron chi connectivity index (χ2n) is 6.38. The van der Waals surface area contributed by atoms with Gasteiger partial charge >= 0.3 is 6.03 Å². The normalized spacial score (nSPS) is 23.0. The molecule has 2 N–H and O–H groups in total. The first-order valence-electron chi connectivity index (χ1n) is 8.15. The molecule has 1 fully saturated rings. The van der Waals surface area contributed by atoms with E-state index >= 15 is 0 Å². The molecule has 1 aliphatic heterocycles. The molecule has 23 heavy (non-hydrogen) atoms. The number of hydrogen-bond donors (Lipinski definition) is 2. The number of morpholine rings is 1. The van der Waals surface area contributed by atoms with E-state index in [4.69, 9.17) is 4.74 Å². The number of ether oxygens (including phenoxy) is 1. The van der Waals surface area contributed by atoms with Crippen molar-refractivity contribution in [3.63, 3.8) is 0 Å². The maximum absolute atomic E-state index is 12.5. The van der Waals surface area contributed by atoms with Crippen LogP contribution >= 0.6 is 0 Å². The van der Waals surface area contributed by atoms with Gasteiger partial charge in [-0.3, -0.25) is 0 Å². The van der Waals surface area contributed by atoms with Gasteiger partial charge in [-0.25, -0.2) is 9.78 Å². The van der Waals surface area contributed by atoms with Crippen molar-refractivity contribution in [1.29, 1.82) is 0 Å². The quantitative estimate of drug-likeness (QED) is 0.915. The monoisotopic (exact) mass is 316 g/mol. The smallest absolute Gasteiger partial charge is 0.318 e. The van der Waals surface area contributed by atoms with Gasteiger partial charge in [0.2, 0.25) is 0 Å². The van der Waals surface area contributed by atoms with E-state index in [-0.39, 0.29) is 17.7 Å². The van der Waals surface area contributed by atoms with E-state index < -0.39 is 0 Å². The number of amides is 2. The lowest BCUT2D eigenvalue weighted by Gasteiger charge is -2.40. The predicted octanol–water partition coefficient (Wildman–Crippen LogP) is 2.83. The number of aromatic amines is 1. The third kappa shape index (κ3) is 3.32. The molecule has 0 aliphatic carbocycles. The number of nitrogens with zero attached hydrogens (tertiary/aromatic N) is 2. The van der Waals surface area contributed by atoms with Crippen LogP contribution < -0.4 is 5.32 Å². The van der Waals surface area contributed by atoms with Crippen LogP contribution in [-0.4, -0.2) is 46.2 Å². The van der Waals surface area contributed by atoms with E-state index in [9.17, 15) is 4.79 Å². The summed E-state index contributed by atoms with van der Waals surface area (Å²) in [7, 11) is 0. The fraction of sp³-hybridized carbons (Fsp3) is 0.529. The number of fused-ring (bicyclic) bond motifs is 1. The van der Waals surface area contributed by atoms with Gasteiger partial charge in [0.05, 0.1) is 35.8 Å². The number of carbonyl (C=O) groups is 1. The van der Waals surface area contributed by atoms with Crippen LogP contribution in [0.15, 0.2) is 24.3 Å². The van der Waals surface area contributed by atoms with Crippen molar-refractivity contribution in [2.24, 2.45) is 0 Å². The minimum absolute atomic E-state index is 0.0686. The molecule has 2 heterocycles. The van der Waals surface area contributed by atoms with Gasteiger partial charge in [0.1, 0.15) is 5.82 Å². The molecule has 0 unspecified atom stereocenters. The first-order chi connectivity index (χ1) is 11.0. The highest BCUT2D eigenvalue weighted by molar-refractivity contribution is 5.76. The molecule has 0 bridgehead atoms. The molecular weight excluding hydrogens is 292 g/mol. The molecule has 6 heteroatoms. The Morgan fingerprint density at radius 2 is 2.30 bits per heavy atom. The number of rotatable bonds is 3. The fourth-order valence-corrected chi connectivity index (χ4v) is 2.84. The van der Waals surface area contributed by atoms with Crippen molar-refractivity contribution in [2.45, 2.75) is 38.8 Å². The van der Waals surface area contributed by atoms with Gasteiger partial charge in [-0.1, -0.05) is 19.1 Å². The van der Waals surface area contributed by atoms with Gasteiger partial charge in [0, 0.05) is 6.54 Å². The van der Waals surface area contributed by atoms with Crippen LogP contribution in [0.5, 0.6) is 0 Å². The van der Waals surface area contributed by atoms with Crippen LogP contribution in [0, 0.1) is 0 Å². The minimum Gasteiger partial charge on any atom is -0.372 e. The zero-order valence-electron chi connectivity index (χ0n) is 13.9. The number of aromatic nitrogens is 2. The summed E-state index contributed by atoms with van der Waals surface area (Å²) < 4.78 is 5.78. The van der Waals surface area contributed by atoms with Crippen molar-refractivity contribution in [2.75, 3.05) is 19.7 Å². The highest BCUT2D eigenvalue weighted by Gasteiger charge is 2.33. The van der Waals surface area contributed by atoms with E-state index in [0.717, 1.165) is 23.3 Å². The van der Waals surface area contributed by atoms with Crippen LogP contribution in [0.25, 0.3) is 11.0 Å². The van der Waals surface area contributed by atoms with Gasteiger partial charge in [0.15, 0.2) is 0 Å². The Labute approximate surface area is 136 Å². The molecule has 1 aliphatic rings. The van der Waals surface area contributed by atoms with Crippen LogP contribution in [0.3, 0.4) is 0 Å². The topological polar surface area (TPSA) is 70.2 Å². The Morgan fingerprint density at radius 3 is 3.04 bits per heavy atom. The molecule has 2 amide bonds. The first kappa shape index (κ1) is 15.8. The first-order valence-corrected chi connectivity index (χ1v) is 8.15. The molecule has 0 radical (unpaired) electrons. The molecule has 2 aromatic rings. The molecule has 0 saturated carbocycles. The molecule has 1 aromatic heterocycles. The van der Waals surface area contributed by atoms with E-state index in [1.165, 1.54) is 0 Å². The summed E-state index contributed by atoms with van der Waals surface area (Å²) in [5.41, 5.74) is 1.64. The maximum atomic E-state index is 12.5. The van der Waals surface area contributed by atoms with Gasteiger partial charge < -0.3 is 19.9 Å². The standard InChI is InChI=1S/C17H24N4O2/c1-4-17(3)11-21(9-10-23-17)16(22)18-12(2)15-19-13-7-5-6-8-14(13)20-15/h5-8,12H,4,9-11H2,1-3H3,(H,18,22)(H,19,20)/t12-,17+/m0/s1. The number of hydrogen-bond acceptors (Lipinski definition) is 3. The zero-order chi connectivity index (χ0) is 16.4. The summed E-state index contributed by atoms with van der Waals surface area (Å²) in [5, 5.41) is 3.03. The van der Waals surface area contributed by atoms with Crippen LogP contribution in [-0.2, 0) is 4.74 Å². The molecule has 124 valence electrons. The second kappa shape index (κ2) is 6.20. The van der Waals surface area contributed by atoms with Gasteiger partial charge in [-0.15, -0.1) is 0 Å². The van der Waals surface area contributed by atoms with Crippen molar-refractivity contribution in [3.05, 3.63) is 30.1 Å². The Hall–Kier alpha value is -2.08. The fourth-order valence-electron chi connectivity index (χ4n) is 2.84. The summed E-state index contributed by atoms with van der Waals surface area (Å²) in [5.74, 6) is 0.770. The lowest BCUT2D eigenvalue weighted by Crippen LogP contribution is -2.54. The Balaban J connectivity index is 1.67. The lowest BCUT2D eigenvalue weighted by atomic mass is 10.0. The zero-order valence-corrected chi connectivity index (χ0v) is 13.9. The number of H-pyrrole nitrogens is 1. The van der Waals surface area contributed by atoms with Crippen molar-refractivity contribution < 1.29 is 9.53 Å². The Bertz CT molecular complexity index is 666. The Morgan fingerprint density at radius 1 is 1.52 bits per heavy atom. The van der Waals surface area contributed by atoms with E-state index in [1.807, 2.05) is 36.1 Å². The molecule has 0 spiro atoms. The van der Waals surface area contributed by atoms with Crippen molar-refractivity contribution in [1.82, 2.24) is 20.2 Å². The van der Waals surface area contributed by atoms with Gasteiger partial charge in [-0.2, -0.15) is 0 Å². The van der Waals surface area contributed by atoms with Crippen LogP contribution in [0.2, 0.25) is 0 Å². The number of benzene rings is 1. The number of carbonyl (C=O) groups excluding carboxylic acids is 1. The van der Waals surface area contributed by atoms with Gasteiger partial charge in [-0.05, 0) is 32.4 Å². The molecule has 3 rings (SSSR count). The van der Waals surface area contributed by atoms with E-state index in [1.54, 1.807) is 0 Å². The average Bonchev–Trinajstić information content (AvgIpc) is 2.99. The van der Waals surface area contributed by atoms with Gasteiger partial charge in [0.25, 0.3) is 0 Å². The highest BCUT2D eigenvalue weighted by Crippen LogP contribution is 2.22. The van der Waals surface area contributed by atoms with Crippen molar-refractivity contribution >= 4 is 17.1 Å². The summed E-state index contributed by atoms with van der Waals surface area (Å²) in [6.45, 7) is 7.88. The summed E-state index contributed by atoms with van der Waals surface area (Å²) in [6.07, 6.45) is 0.885. The molecule has 2 atom stereocenters. The minimum atomic E-state index is -0.252. The third-order valence-corrected chi connectivity index (χ3v) is 4.53. The molecule has 1 saturated heterocycles. The SMILES string of the molecule is CC[C@]1(C)CN(C(=O)N[C@@H](C)c2nc3ccccc3[nH]2)CCO1. The molecular formula is C17H24N4O2. The molecule has 6 nitrogen and oxygen atoms in total.